The Morgan fingerprint density at radius 1 is 1.20 bits per heavy atom. The van der Waals surface area contributed by atoms with Crippen molar-refractivity contribution in [1.82, 2.24) is 4.90 Å². The molecule has 1 saturated heterocycles. The first-order valence-electron chi connectivity index (χ1n) is 9.42. The van der Waals surface area contributed by atoms with Gasteiger partial charge in [-0.25, -0.2) is 0 Å². The van der Waals surface area contributed by atoms with Crippen molar-refractivity contribution in [2.24, 2.45) is 0 Å². The second kappa shape index (κ2) is 10.3. The molecule has 30 heavy (non-hydrogen) atoms. The number of rotatable bonds is 8. The Kier molecular flexibility index (Phi) is 7.48. The van der Waals surface area contributed by atoms with E-state index in [-0.39, 0.29) is 24.8 Å². The van der Waals surface area contributed by atoms with Gasteiger partial charge >= 0.3 is 0 Å². The summed E-state index contributed by atoms with van der Waals surface area (Å²) < 4.78 is 11.0. The fraction of sp³-hybridized carbons (Fsp3) is 0.227. The number of thiocarbonyl (C=S) groups is 1. The van der Waals surface area contributed by atoms with E-state index in [1.807, 2.05) is 31.2 Å². The third kappa shape index (κ3) is 5.61. The summed E-state index contributed by atoms with van der Waals surface area (Å²) in [4.78, 5) is 27.0. The zero-order chi connectivity index (χ0) is 21.5. The van der Waals surface area contributed by atoms with E-state index in [1.54, 1.807) is 37.5 Å². The van der Waals surface area contributed by atoms with Crippen molar-refractivity contribution in [2.45, 2.75) is 13.3 Å². The van der Waals surface area contributed by atoms with Gasteiger partial charge in [-0.2, -0.15) is 0 Å². The minimum atomic E-state index is -0.201. The number of anilines is 1. The van der Waals surface area contributed by atoms with Gasteiger partial charge in [-0.05, 0) is 42.8 Å². The number of thioether (sulfide) groups is 1. The molecule has 1 fully saturated rings. The number of ether oxygens (including phenoxy) is 2. The van der Waals surface area contributed by atoms with Gasteiger partial charge < -0.3 is 14.8 Å². The van der Waals surface area contributed by atoms with Gasteiger partial charge in [0, 0.05) is 24.7 Å². The molecule has 0 bridgehead atoms. The first-order chi connectivity index (χ1) is 14.5. The second-order valence-electron chi connectivity index (χ2n) is 6.37. The quantitative estimate of drug-likeness (QED) is 0.485. The fourth-order valence-electron chi connectivity index (χ4n) is 2.81. The van der Waals surface area contributed by atoms with Crippen molar-refractivity contribution in [3.05, 3.63) is 59.0 Å². The number of hydrogen-bond acceptors (Lipinski definition) is 6. The lowest BCUT2D eigenvalue weighted by molar-refractivity contribution is -0.122. The van der Waals surface area contributed by atoms with E-state index < -0.39 is 0 Å². The molecule has 0 atom stereocenters. The molecule has 1 aliphatic heterocycles. The van der Waals surface area contributed by atoms with Crippen molar-refractivity contribution in [3.8, 4) is 11.5 Å². The number of carbonyl (C=O) groups excluding carboxylic acids is 2. The lowest BCUT2D eigenvalue weighted by atomic mass is 10.2. The predicted octanol–water partition coefficient (Wildman–Crippen LogP) is 4.32. The normalized spacial score (nSPS) is 14.9. The van der Waals surface area contributed by atoms with Crippen molar-refractivity contribution >= 4 is 51.9 Å². The van der Waals surface area contributed by atoms with Crippen LogP contribution in [-0.4, -0.2) is 41.3 Å². The molecule has 2 aromatic rings. The van der Waals surface area contributed by atoms with Crippen LogP contribution in [0.1, 0.15) is 18.9 Å². The highest BCUT2D eigenvalue weighted by Crippen LogP contribution is 2.33. The molecular formula is C22H22N2O4S2. The zero-order valence-electron chi connectivity index (χ0n) is 16.7. The lowest BCUT2D eigenvalue weighted by Crippen LogP contribution is -2.31. The summed E-state index contributed by atoms with van der Waals surface area (Å²) >= 11 is 6.58. The summed E-state index contributed by atoms with van der Waals surface area (Å²) in [6.07, 6.45) is 1.94. The number of nitrogens with one attached hydrogen (secondary N) is 1. The fourth-order valence-corrected chi connectivity index (χ4v) is 4.12. The standard InChI is InChI=1S/C22H22N2O4S2/c1-3-28-17-9-7-15(8-10-17)13-19-21(26)24(22(29)30-19)12-11-20(25)23-16-5-4-6-18(14-16)27-2/h4-10,13-14H,3,11-12H2,1-2H3,(H,23,25)/b19-13-. The van der Waals surface area contributed by atoms with Gasteiger partial charge in [0.15, 0.2) is 0 Å². The van der Waals surface area contributed by atoms with Crippen molar-refractivity contribution in [3.63, 3.8) is 0 Å². The number of methoxy groups -OCH3 is 1. The van der Waals surface area contributed by atoms with E-state index in [0.29, 0.717) is 27.3 Å². The summed E-state index contributed by atoms with van der Waals surface area (Å²) in [5.41, 5.74) is 1.52. The molecule has 8 heteroatoms. The van der Waals surface area contributed by atoms with Crippen LogP contribution in [0.4, 0.5) is 5.69 Å². The first-order valence-corrected chi connectivity index (χ1v) is 10.6. The van der Waals surface area contributed by atoms with Crippen LogP contribution >= 0.6 is 24.0 Å². The van der Waals surface area contributed by atoms with Crippen LogP contribution in [0, 0.1) is 0 Å². The van der Waals surface area contributed by atoms with Crippen LogP contribution in [0.15, 0.2) is 53.4 Å². The topological polar surface area (TPSA) is 67.9 Å². The van der Waals surface area contributed by atoms with Gasteiger partial charge in [0.25, 0.3) is 5.91 Å². The van der Waals surface area contributed by atoms with Gasteiger partial charge in [-0.3, -0.25) is 14.5 Å². The number of carbonyl (C=O) groups is 2. The maximum Gasteiger partial charge on any atom is 0.266 e. The first kappa shape index (κ1) is 21.9. The molecule has 2 amide bonds. The Morgan fingerprint density at radius 2 is 1.97 bits per heavy atom. The van der Waals surface area contributed by atoms with E-state index in [4.69, 9.17) is 21.7 Å². The summed E-state index contributed by atoms with van der Waals surface area (Å²) in [6, 6.07) is 14.6. The molecule has 0 saturated carbocycles. The second-order valence-corrected chi connectivity index (χ2v) is 8.04. The molecule has 0 spiro atoms. The minimum Gasteiger partial charge on any atom is -0.497 e. The predicted molar refractivity (Wildman–Crippen MR) is 124 cm³/mol. The number of amides is 2. The van der Waals surface area contributed by atoms with Gasteiger partial charge in [0.1, 0.15) is 15.8 Å². The molecule has 0 unspecified atom stereocenters. The molecule has 1 aliphatic rings. The average Bonchev–Trinajstić information content (AvgIpc) is 3.00. The minimum absolute atomic E-state index is 0.139. The van der Waals surface area contributed by atoms with E-state index in [0.717, 1.165) is 11.3 Å². The third-order valence-electron chi connectivity index (χ3n) is 4.28. The molecule has 3 rings (SSSR count). The van der Waals surface area contributed by atoms with Crippen molar-refractivity contribution in [2.75, 3.05) is 25.6 Å². The van der Waals surface area contributed by atoms with Crippen LogP contribution in [0.25, 0.3) is 6.08 Å². The number of nitrogens with zero attached hydrogens (tertiary/aromatic N) is 1. The highest BCUT2D eigenvalue weighted by atomic mass is 32.2. The van der Waals surface area contributed by atoms with Crippen molar-refractivity contribution in [1.29, 1.82) is 0 Å². The molecule has 0 aliphatic carbocycles. The third-order valence-corrected chi connectivity index (χ3v) is 5.66. The average molecular weight is 443 g/mol. The molecule has 156 valence electrons. The Morgan fingerprint density at radius 3 is 2.67 bits per heavy atom. The summed E-state index contributed by atoms with van der Waals surface area (Å²) in [7, 11) is 1.57. The largest absolute Gasteiger partial charge is 0.497 e. The smallest absolute Gasteiger partial charge is 0.266 e. The van der Waals surface area contributed by atoms with Crippen LogP contribution in [0.3, 0.4) is 0 Å². The molecule has 2 aromatic carbocycles. The van der Waals surface area contributed by atoms with E-state index in [9.17, 15) is 9.59 Å². The molecule has 0 aromatic heterocycles. The lowest BCUT2D eigenvalue weighted by Gasteiger charge is -2.14. The molecule has 0 radical (unpaired) electrons. The Labute approximate surface area is 185 Å². The van der Waals surface area contributed by atoms with Crippen molar-refractivity contribution < 1.29 is 19.1 Å². The SMILES string of the molecule is CCOc1ccc(/C=C2\SC(=S)N(CCC(=O)Nc3cccc(OC)c3)C2=O)cc1. The number of hydrogen-bond donors (Lipinski definition) is 1. The van der Waals surface area contributed by atoms with Gasteiger partial charge in [0.2, 0.25) is 5.91 Å². The highest BCUT2D eigenvalue weighted by molar-refractivity contribution is 8.26. The van der Waals surface area contributed by atoms with Gasteiger partial charge in [0.05, 0.1) is 18.6 Å². The number of benzene rings is 2. The van der Waals surface area contributed by atoms with Gasteiger partial charge in [-0.1, -0.05) is 42.2 Å². The summed E-state index contributed by atoms with van der Waals surface area (Å²) in [5.74, 6) is 1.05. The van der Waals surface area contributed by atoms with Gasteiger partial charge in [-0.15, -0.1) is 0 Å². The van der Waals surface area contributed by atoms with Crippen LogP contribution in [0.5, 0.6) is 11.5 Å². The Hall–Kier alpha value is -2.84. The Bertz CT molecular complexity index is 973. The molecule has 6 nitrogen and oxygen atoms in total. The zero-order valence-corrected chi connectivity index (χ0v) is 18.3. The molecular weight excluding hydrogens is 420 g/mol. The van der Waals surface area contributed by atoms with E-state index in [2.05, 4.69) is 5.32 Å². The Balaban J connectivity index is 1.58. The monoisotopic (exact) mass is 442 g/mol. The maximum absolute atomic E-state index is 12.7. The van der Waals surface area contributed by atoms with Crippen LogP contribution < -0.4 is 14.8 Å². The van der Waals surface area contributed by atoms with E-state index in [1.165, 1.54) is 16.7 Å². The van der Waals surface area contributed by atoms with Crippen LogP contribution in [0.2, 0.25) is 0 Å². The molecule has 1 N–H and O–H groups in total. The van der Waals surface area contributed by atoms with E-state index >= 15 is 0 Å². The summed E-state index contributed by atoms with van der Waals surface area (Å²) in [6.45, 7) is 2.75. The highest BCUT2D eigenvalue weighted by Gasteiger charge is 2.32. The molecule has 1 heterocycles. The van der Waals surface area contributed by atoms with Crippen LogP contribution in [-0.2, 0) is 9.59 Å². The maximum atomic E-state index is 12.7. The summed E-state index contributed by atoms with van der Waals surface area (Å²) in [5, 5.41) is 2.80.